The summed E-state index contributed by atoms with van der Waals surface area (Å²) in [5, 5.41) is 3.10. The summed E-state index contributed by atoms with van der Waals surface area (Å²) in [6, 6.07) is 4.54. The molecular formula is C13H11BrFN3S. The zero-order valence-corrected chi connectivity index (χ0v) is 12.6. The fraction of sp³-hybridized carbons (Fsp3) is 0.231. The molecule has 1 aromatic carbocycles. The van der Waals surface area contributed by atoms with Gasteiger partial charge in [-0.05, 0) is 18.2 Å². The minimum Gasteiger partial charge on any atom is -0.373 e. The lowest BCUT2D eigenvalue weighted by atomic mass is 10.2. The summed E-state index contributed by atoms with van der Waals surface area (Å²) in [4.78, 5) is 9.07. The maximum Gasteiger partial charge on any atom is 0.163 e. The molecule has 3 nitrogen and oxygen atoms in total. The predicted molar refractivity (Wildman–Crippen MR) is 79.7 cm³/mol. The minimum absolute atomic E-state index is 0.289. The van der Waals surface area contributed by atoms with E-state index in [1.165, 1.54) is 12.1 Å². The normalized spacial score (nSPS) is 13.4. The van der Waals surface area contributed by atoms with Crippen LogP contribution in [0, 0.1) is 5.82 Å². The van der Waals surface area contributed by atoms with Crippen molar-refractivity contribution < 1.29 is 4.39 Å². The molecular weight excluding hydrogens is 329 g/mol. The number of fused-ring (bicyclic) bond motifs is 1. The van der Waals surface area contributed by atoms with Crippen molar-refractivity contribution in [1.82, 2.24) is 9.97 Å². The molecule has 0 fully saturated rings. The van der Waals surface area contributed by atoms with Gasteiger partial charge in [0.2, 0.25) is 0 Å². The summed E-state index contributed by atoms with van der Waals surface area (Å²) in [7, 11) is 1.84. The number of thioether (sulfide) groups is 1. The van der Waals surface area contributed by atoms with E-state index in [0.717, 1.165) is 33.1 Å². The van der Waals surface area contributed by atoms with Crippen molar-refractivity contribution in [2.45, 2.75) is 11.5 Å². The highest BCUT2D eigenvalue weighted by Gasteiger charge is 2.20. The lowest BCUT2D eigenvalue weighted by Gasteiger charge is -2.10. The molecule has 1 aliphatic heterocycles. The van der Waals surface area contributed by atoms with Gasteiger partial charge in [0.05, 0.1) is 5.69 Å². The van der Waals surface area contributed by atoms with E-state index in [0.29, 0.717) is 11.4 Å². The van der Waals surface area contributed by atoms with Gasteiger partial charge in [0, 0.05) is 34.2 Å². The first kappa shape index (κ1) is 12.9. The van der Waals surface area contributed by atoms with Crippen LogP contribution in [0.25, 0.3) is 11.4 Å². The predicted octanol–water partition coefficient (Wildman–Crippen LogP) is 3.83. The molecule has 6 heteroatoms. The van der Waals surface area contributed by atoms with Crippen LogP contribution in [0.1, 0.15) is 11.3 Å². The number of anilines is 1. The second kappa shape index (κ2) is 5.09. The van der Waals surface area contributed by atoms with Crippen molar-refractivity contribution in [3.8, 4) is 11.4 Å². The molecule has 0 saturated carbocycles. The number of benzene rings is 1. The van der Waals surface area contributed by atoms with Gasteiger partial charge in [-0.1, -0.05) is 15.9 Å². The van der Waals surface area contributed by atoms with Gasteiger partial charge in [0.15, 0.2) is 5.82 Å². The Hall–Kier alpha value is -1.14. The Kier molecular flexibility index (Phi) is 3.45. The summed E-state index contributed by atoms with van der Waals surface area (Å²) in [6.45, 7) is 0. The Balaban J connectivity index is 2.18. The van der Waals surface area contributed by atoms with Crippen molar-refractivity contribution in [2.24, 2.45) is 0 Å². The third kappa shape index (κ3) is 2.34. The smallest absolute Gasteiger partial charge is 0.163 e. The van der Waals surface area contributed by atoms with Gasteiger partial charge in [0.1, 0.15) is 11.6 Å². The molecule has 0 bridgehead atoms. The van der Waals surface area contributed by atoms with E-state index in [1.54, 1.807) is 6.07 Å². The Morgan fingerprint density at radius 1 is 1.32 bits per heavy atom. The second-order valence-electron chi connectivity index (χ2n) is 4.19. The van der Waals surface area contributed by atoms with Crippen molar-refractivity contribution in [1.29, 1.82) is 0 Å². The van der Waals surface area contributed by atoms with Gasteiger partial charge in [-0.25, -0.2) is 14.4 Å². The molecule has 0 saturated heterocycles. The molecule has 3 rings (SSSR count). The monoisotopic (exact) mass is 339 g/mol. The number of rotatable bonds is 2. The van der Waals surface area contributed by atoms with E-state index in [2.05, 4.69) is 31.2 Å². The van der Waals surface area contributed by atoms with Crippen LogP contribution in [0.5, 0.6) is 0 Å². The summed E-state index contributed by atoms with van der Waals surface area (Å²) in [6.07, 6.45) is 0. The van der Waals surface area contributed by atoms with E-state index in [9.17, 15) is 4.39 Å². The SMILES string of the molecule is CNc1nc(-c2cc(F)ccc2Br)nc2c1CSC2. The van der Waals surface area contributed by atoms with Crippen molar-refractivity contribution in [3.63, 3.8) is 0 Å². The Morgan fingerprint density at radius 2 is 2.16 bits per heavy atom. The van der Waals surface area contributed by atoms with E-state index in [-0.39, 0.29) is 5.82 Å². The zero-order valence-electron chi connectivity index (χ0n) is 10.2. The molecule has 0 unspecified atom stereocenters. The molecule has 0 spiro atoms. The number of halogens is 2. The first-order valence-electron chi connectivity index (χ1n) is 5.79. The molecule has 1 N–H and O–H groups in total. The molecule has 2 aromatic rings. The Bertz CT molecular complexity index is 648. The molecule has 0 amide bonds. The van der Waals surface area contributed by atoms with Crippen LogP contribution in [-0.4, -0.2) is 17.0 Å². The van der Waals surface area contributed by atoms with Crippen LogP contribution in [0.3, 0.4) is 0 Å². The van der Waals surface area contributed by atoms with Crippen LogP contribution in [0.4, 0.5) is 10.2 Å². The fourth-order valence-corrected chi connectivity index (χ4v) is 3.51. The largest absolute Gasteiger partial charge is 0.373 e. The number of hydrogen-bond acceptors (Lipinski definition) is 4. The molecule has 2 heterocycles. The minimum atomic E-state index is -0.289. The molecule has 0 atom stereocenters. The average molecular weight is 340 g/mol. The molecule has 98 valence electrons. The van der Waals surface area contributed by atoms with Crippen LogP contribution < -0.4 is 5.32 Å². The fourth-order valence-electron chi connectivity index (χ4n) is 2.05. The van der Waals surface area contributed by atoms with Crippen LogP contribution in [-0.2, 0) is 11.5 Å². The third-order valence-corrected chi connectivity index (χ3v) is 4.65. The lowest BCUT2D eigenvalue weighted by Crippen LogP contribution is -2.03. The molecule has 1 aromatic heterocycles. The lowest BCUT2D eigenvalue weighted by molar-refractivity contribution is 0.628. The van der Waals surface area contributed by atoms with Crippen LogP contribution >= 0.6 is 27.7 Å². The van der Waals surface area contributed by atoms with E-state index in [4.69, 9.17) is 0 Å². The standard InChI is InChI=1S/C13H11BrFN3S/c1-16-12-9-5-19-6-11(9)17-13(18-12)8-4-7(15)2-3-10(8)14/h2-4H,5-6H2,1H3,(H,16,17,18). The molecule has 1 aliphatic rings. The van der Waals surface area contributed by atoms with Crippen molar-refractivity contribution >= 4 is 33.5 Å². The van der Waals surface area contributed by atoms with Crippen LogP contribution in [0.15, 0.2) is 22.7 Å². The van der Waals surface area contributed by atoms with Crippen LogP contribution in [0.2, 0.25) is 0 Å². The molecule has 0 radical (unpaired) electrons. The maximum absolute atomic E-state index is 13.4. The Labute approximate surface area is 123 Å². The zero-order chi connectivity index (χ0) is 13.4. The third-order valence-electron chi connectivity index (χ3n) is 2.98. The summed E-state index contributed by atoms with van der Waals surface area (Å²) < 4.78 is 14.2. The molecule has 19 heavy (non-hydrogen) atoms. The highest BCUT2D eigenvalue weighted by molar-refractivity contribution is 9.10. The van der Waals surface area contributed by atoms with E-state index in [1.807, 2.05) is 18.8 Å². The van der Waals surface area contributed by atoms with Gasteiger partial charge in [0.25, 0.3) is 0 Å². The number of aromatic nitrogens is 2. The number of nitrogens with one attached hydrogen (secondary N) is 1. The van der Waals surface area contributed by atoms with Gasteiger partial charge < -0.3 is 5.32 Å². The van der Waals surface area contributed by atoms with Gasteiger partial charge in [-0.15, -0.1) is 0 Å². The number of hydrogen-bond donors (Lipinski definition) is 1. The van der Waals surface area contributed by atoms with E-state index >= 15 is 0 Å². The topological polar surface area (TPSA) is 37.8 Å². The average Bonchev–Trinajstić information content (AvgIpc) is 2.88. The van der Waals surface area contributed by atoms with Crippen molar-refractivity contribution in [2.75, 3.05) is 12.4 Å². The van der Waals surface area contributed by atoms with Gasteiger partial charge >= 0.3 is 0 Å². The number of nitrogens with zero attached hydrogens (tertiary/aromatic N) is 2. The quantitative estimate of drug-likeness (QED) is 0.902. The van der Waals surface area contributed by atoms with E-state index < -0.39 is 0 Å². The summed E-state index contributed by atoms with van der Waals surface area (Å²) in [5.74, 6) is 2.91. The first-order valence-corrected chi connectivity index (χ1v) is 7.74. The van der Waals surface area contributed by atoms with Gasteiger partial charge in [-0.2, -0.15) is 11.8 Å². The summed E-state index contributed by atoms with van der Waals surface area (Å²) in [5.41, 5.74) is 2.87. The van der Waals surface area contributed by atoms with Crippen molar-refractivity contribution in [3.05, 3.63) is 39.7 Å². The molecule has 0 aliphatic carbocycles. The second-order valence-corrected chi connectivity index (χ2v) is 6.03. The maximum atomic E-state index is 13.4. The first-order chi connectivity index (χ1) is 9.19. The highest BCUT2D eigenvalue weighted by Crippen LogP contribution is 2.35. The Morgan fingerprint density at radius 3 is 2.95 bits per heavy atom. The highest BCUT2D eigenvalue weighted by atomic mass is 79.9. The van der Waals surface area contributed by atoms with Gasteiger partial charge in [-0.3, -0.25) is 0 Å². The summed E-state index contributed by atoms with van der Waals surface area (Å²) >= 11 is 5.24.